The SMILES string of the molecule is O=C(Nc1ccc(CO)c(-c2ccccc2)c1)C1(c2ccc3c(c2)OCO3)CC1. The maximum absolute atomic E-state index is 13.2. The number of rotatable bonds is 5. The van der Waals surface area contributed by atoms with Crippen molar-refractivity contribution in [3.05, 3.63) is 77.9 Å². The first-order chi connectivity index (χ1) is 14.2. The summed E-state index contributed by atoms with van der Waals surface area (Å²) >= 11 is 0. The van der Waals surface area contributed by atoms with Gasteiger partial charge < -0.3 is 19.9 Å². The number of anilines is 1. The number of amides is 1. The van der Waals surface area contributed by atoms with Crippen molar-refractivity contribution < 1.29 is 19.4 Å². The van der Waals surface area contributed by atoms with Crippen LogP contribution in [-0.4, -0.2) is 17.8 Å². The van der Waals surface area contributed by atoms with E-state index in [1.807, 2.05) is 66.7 Å². The average molecular weight is 387 g/mol. The maximum Gasteiger partial charge on any atom is 0.235 e. The van der Waals surface area contributed by atoms with Crippen LogP contribution in [0.5, 0.6) is 11.5 Å². The highest BCUT2D eigenvalue weighted by atomic mass is 16.7. The van der Waals surface area contributed by atoms with Crippen LogP contribution in [0.25, 0.3) is 11.1 Å². The molecule has 5 nitrogen and oxygen atoms in total. The van der Waals surface area contributed by atoms with E-state index in [9.17, 15) is 9.90 Å². The van der Waals surface area contributed by atoms with Crippen molar-refractivity contribution in [1.29, 1.82) is 0 Å². The predicted octanol–water partition coefficient (Wildman–Crippen LogP) is 4.24. The van der Waals surface area contributed by atoms with Gasteiger partial charge in [0.1, 0.15) is 0 Å². The van der Waals surface area contributed by atoms with E-state index in [-0.39, 0.29) is 19.3 Å². The van der Waals surface area contributed by atoms with Crippen molar-refractivity contribution in [2.45, 2.75) is 24.9 Å². The summed E-state index contributed by atoms with van der Waals surface area (Å²) in [6, 6.07) is 21.2. The number of aliphatic hydroxyl groups excluding tert-OH is 1. The Bertz CT molecular complexity index is 1070. The molecule has 5 heteroatoms. The van der Waals surface area contributed by atoms with Gasteiger partial charge in [-0.2, -0.15) is 0 Å². The molecule has 3 aromatic rings. The minimum atomic E-state index is -0.524. The topological polar surface area (TPSA) is 67.8 Å². The zero-order chi connectivity index (χ0) is 19.8. The quantitative estimate of drug-likeness (QED) is 0.687. The molecule has 0 saturated heterocycles. The number of nitrogens with one attached hydrogen (secondary N) is 1. The first-order valence-electron chi connectivity index (χ1n) is 9.70. The molecule has 1 heterocycles. The van der Waals surface area contributed by atoms with Crippen molar-refractivity contribution in [3.63, 3.8) is 0 Å². The van der Waals surface area contributed by atoms with Gasteiger partial charge in [-0.25, -0.2) is 0 Å². The Labute approximate surface area is 168 Å². The van der Waals surface area contributed by atoms with Crippen molar-refractivity contribution in [2.24, 2.45) is 0 Å². The highest BCUT2D eigenvalue weighted by Crippen LogP contribution is 2.51. The van der Waals surface area contributed by atoms with Gasteiger partial charge in [-0.3, -0.25) is 4.79 Å². The second-order valence-electron chi connectivity index (χ2n) is 7.50. The second kappa shape index (κ2) is 6.94. The van der Waals surface area contributed by atoms with E-state index in [0.717, 1.165) is 46.5 Å². The molecule has 2 aliphatic rings. The Morgan fingerprint density at radius 2 is 1.76 bits per heavy atom. The molecular weight excluding hydrogens is 366 g/mol. The normalized spacial score (nSPS) is 15.8. The Balaban J connectivity index is 1.42. The molecule has 5 rings (SSSR count). The standard InChI is InChI=1S/C24H21NO4/c26-14-17-6-8-19(13-20(17)16-4-2-1-3-5-16)25-23(27)24(10-11-24)18-7-9-21-22(12-18)29-15-28-21/h1-9,12-13,26H,10-11,14-15H2,(H,25,27). The highest BCUT2D eigenvalue weighted by Gasteiger charge is 2.51. The van der Waals surface area contributed by atoms with Crippen molar-refractivity contribution >= 4 is 11.6 Å². The van der Waals surface area contributed by atoms with E-state index < -0.39 is 5.41 Å². The van der Waals surface area contributed by atoms with E-state index in [2.05, 4.69) is 5.32 Å². The number of benzene rings is 3. The third kappa shape index (κ3) is 3.13. The van der Waals surface area contributed by atoms with Gasteiger partial charge in [-0.15, -0.1) is 0 Å². The molecule has 1 amide bonds. The molecule has 3 aromatic carbocycles. The van der Waals surface area contributed by atoms with E-state index in [1.54, 1.807) is 0 Å². The molecule has 1 saturated carbocycles. The molecule has 0 radical (unpaired) electrons. The van der Waals surface area contributed by atoms with E-state index >= 15 is 0 Å². The van der Waals surface area contributed by atoms with Gasteiger partial charge in [0.05, 0.1) is 12.0 Å². The molecule has 1 fully saturated rings. The summed E-state index contributed by atoms with van der Waals surface area (Å²) in [5.41, 5.74) is 3.89. The Morgan fingerprint density at radius 1 is 0.966 bits per heavy atom. The van der Waals surface area contributed by atoms with Gasteiger partial charge >= 0.3 is 0 Å². The lowest BCUT2D eigenvalue weighted by atomic mass is 9.94. The van der Waals surface area contributed by atoms with Gasteiger partial charge in [-0.05, 0) is 59.4 Å². The number of carbonyl (C=O) groups excluding carboxylic acids is 1. The minimum absolute atomic E-state index is 0.0212. The fourth-order valence-electron chi connectivity index (χ4n) is 3.90. The van der Waals surface area contributed by atoms with Crippen molar-refractivity contribution in [2.75, 3.05) is 12.1 Å². The maximum atomic E-state index is 13.2. The highest BCUT2D eigenvalue weighted by molar-refractivity contribution is 6.02. The number of ether oxygens (including phenoxy) is 2. The molecule has 146 valence electrons. The molecule has 0 bridgehead atoms. The van der Waals surface area contributed by atoms with Gasteiger partial charge in [0.25, 0.3) is 0 Å². The minimum Gasteiger partial charge on any atom is -0.454 e. The number of aliphatic hydroxyl groups is 1. The fraction of sp³-hybridized carbons (Fsp3) is 0.208. The molecule has 1 aliphatic heterocycles. The third-order valence-corrected chi connectivity index (χ3v) is 5.73. The Kier molecular flexibility index (Phi) is 4.25. The summed E-state index contributed by atoms with van der Waals surface area (Å²) in [5.74, 6) is 1.39. The zero-order valence-corrected chi connectivity index (χ0v) is 15.9. The molecule has 0 atom stereocenters. The molecule has 0 unspecified atom stereocenters. The van der Waals surface area contributed by atoms with Crippen LogP contribution in [-0.2, 0) is 16.8 Å². The van der Waals surface area contributed by atoms with E-state index in [1.165, 1.54) is 0 Å². The van der Waals surface area contributed by atoms with Crippen molar-refractivity contribution in [1.82, 2.24) is 0 Å². The molecule has 0 spiro atoms. The molecule has 29 heavy (non-hydrogen) atoms. The fourth-order valence-corrected chi connectivity index (χ4v) is 3.90. The Hall–Kier alpha value is -3.31. The van der Waals surface area contributed by atoms with Crippen LogP contribution < -0.4 is 14.8 Å². The smallest absolute Gasteiger partial charge is 0.235 e. The monoisotopic (exact) mass is 387 g/mol. The molecule has 2 N–H and O–H groups in total. The van der Waals surface area contributed by atoms with Gasteiger partial charge in [0, 0.05) is 5.69 Å². The first-order valence-corrected chi connectivity index (χ1v) is 9.70. The summed E-state index contributed by atoms with van der Waals surface area (Å²) in [7, 11) is 0. The third-order valence-electron chi connectivity index (χ3n) is 5.73. The number of hydrogen-bond donors (Lipinski definition) is 2. The molecule has 1 aliphatic carbocycles. The van der Waals surface area contributed by atoms with Gasteiger partial charge in [-0.1, -0.05) is 42.5 Å². The summed E-state index contributed by atoms with van der Waals surface area (Å²) in [4.78, 5) is 13.2. The second-order valence-corrected chi connectivity index (χ2v) is 7.50. The lowest BCUT2D eigenvalue weighted by Crippen LogP contribution is -2.27. The number of carbonyl (C=O) groups is 1. The molecule has 0 aromatic heterocycles. The lowest BCUT2D eigenvalue weighted by Gasteiger charge is -2.17. The van der Waals surface area contributed by atoms with Crippen LogP contribution in [0.4, 0.5) is 5.69 Å². The van der Waals surface area contributed by atoms with Crippen LogP contribution in [0.2, 0.25) is 0 Å². The Morgan fingerprint density at radius 3 is 2.52 bits per heavy atom. The van der Waals surface area contributed by atoms with Gasteiger partial charge in [0.15, 0.2) is 11.5 Å². The molecular formula is C24H21NO4. The van der Waals surface area contributed by atoms with Crippen LogP contribution in [0.3, 0.4) is 0 Å². The summed E-state index contributed by atoms with van der Waals surface area (Å²) in [6.45, 7) is 0.164. The predicted molar refractivity (Wildman–Crippen MR) is 110 cm³/mol. The summed E-state index contributed by atoms with van der Waals surface area (Å²) < 4.78 is 10.8. The van der Waals surface area contributed by atoms with Crippen LogP contribution in [0.1, 0.15) is 24.0 Å². The summed E-state index contributed by atoms with van der Waals surface area (Å²) in [5, 5.41) is 12.8. The number of hydrogen-bond acceptors (Lipinski definition) is 4. The van der Waals surface area contributed by atoms with E-state index in [0.29, 0.717) is 5.75 Å². The van der Waals surface area contributed by atoms with E-state index in [4.69, 9.17) is 9.47 Å². The first kappa shape index (κ1) is 17.8. The summed E-state index contributed by atoms with van der Waals surface area (Å²) in [6.07, 6.45) is 1.61. The van der Waals surface area contributed by atoms with Gasteiger partial charge in [0.2, 0.25) is 12.7 Å². The number of fused-ring (bicyclic) bond motifs is 1. The van der Waals surface area contributed by atoms with Crippen LogP contribution in [0.15, 0.2) is 66.7 Å². The van der Waals surface area contributed by atoms with Crippen LogP contribution >= 0.6 is 0 Å². The van der Waals surface area contributed by atoms with Crippen LogP contribution in [0, 0.1) is 0 Å². The lowest BCUT2D eigenvalue weighted by molar-refractivity contribution is -0.118. The average Bonchev–Trinajstić information content (AvgIpc) is 3.45. The zero-order valence-electron chi connectivity index (χ0n) is 15.9. The van der Waals surface area contributed by atoms with Crippen molar-refractivity contribution in [3.8, 4) is 22.6 Å². The largest absolute Gasteiger partial charge is 0.454 e.